The van der Waals surface area contributed by atoms with Crippen molar-refractivity contribution in [3.8, 4) is 0 Å². The van der Waals surface area contributed by atoms with Gasteiger partial charge >= 0.3 is 0 Å². The number of nitrogens with one attached hydrogen (secondary N) is 2. The number of hydrogen-bond donors (Lipinski definition) is 2. The number of aromatic amines is 1. The second kappa shape index (κ2) is 5.02. The number of carbonyl (C=O) groups excluding carboxylic acids is 1. The first kappa shape index (κ1) is 12.8. The lowest BCUT2D eigenvalue weighted by Gasteiger charge is -2.10. The third kappa shape index (κ3) is 2.28. The van der Waals surface area contributed by atoms with Gasteiger partial charge in [-0.25, -0.2) is 0 Å². The van der Waals surface area contributed by atoms with Crippen molar-refractivity contribution in [1.82, 2.24) is 4.98 Å². The normalized spacial score (nSPS) is 10.7. The summed E-state index contributed by atoms with van der Waals surface area (Å²) in [5, 5.41) is 4.42. The molecule has 0 atom stereocenters. The van der Waals surface area contributed by atoms with Gasteiger partial charge in [-0.3, -0.25) is 4.79 Å². The topological polar surface area (TPSA) is 44.9 Å². The Hall–Kier alpha value is -2.26. The molecule has 1 aromatic heterocycles. The lowest BCUT2D eigenvalue weighted by atomic mass is 10.1. The van der Waals surface area contributed by atoms with Crippen LogP contribution in [0.1, 0.15) is 15.9 Å². The molecule has 3 rings (SSSR count). The summed E-state index contributed by atoms with van der Waals surface area (Å²) in [4.78, 5) is 15.4. The van der Waals surface area contributed by atoms with Crippen molar-refractivity contribution in [3.05, 3.63) is 64.8 Å². The lowest BCUT2D eigenvalue weighted by Crippen LogP contribution is -2.13. The number of para-hydroxylation sites is 1. The number of aryl methyl sites for hydroxylation is 1. The zero-order valence-corrected chi connectivity index (χ0v) is 11.7. The van der Waals surface area contributed by atoms with Crippen LogP contribution in [0.5, 0.6) is 0 Å². The van der Waals surface area contributed by atoms with Gasteiger partial charge in [-0.05, 0) is 42.8 Å². The number of H-pyrrole nitrogens is 1. The molecule has 3 aromatic rings. The van der Waals surface area contributed by atoms with Crippen molar-refractivity contribution in [2.24, 2.45) is 0 Å². The van der Waals surface area contributed by atoms with E-state index in [2.05, 4.69) is 10.3 Å². The third-order valence-corrected chi connectivity index (χ3v) is 3.59. The molecule has 0 fully saturated rings. The summed E-state index contributed by atoms with van der Waals surface area (Å²) in [5.41, 5.74) is 3.22. The largest absolute Gasteiger partial charge is 0.361 e. The van der Waals surface area contributed by atoms with Crippen LogP contribution in [0.25, 0.3) is 10.9 Å². The fourth-order valence-corrected chi connectivity index (χ4v) is 2.44. The van der Waals surface area contributed by atoms with Gasteiger partial charge in [0.25, 0.3) is 5.91 Å². The predicted octanol–water partition coefficient (Wildman–Crippen LogP) is 4.38. The highest BCUT2D eigenvalue weighted by Crippen LogP contribution is 2.26. The Morgan fingerprint density at radius 2 is 2.05 bits per heavy atom. The number of aromatic nitrogens is 1. The molecule has 0 bridgehead atoms. The van der Waals surface area contributed by atoms with E-state index < -0.39 is 0 Å². The highest BCUT2D eigenvalue weighted by Gasteiger charge is 2.11. The van der Waals surface area contributed by atoms with E-state index >= 15 is 0 Å². The van der Waals surface area contributed by atoms with Crippen molar-refractivity contribution in [1.29, 1.82) is 0 Å². The van der Waals surface area contributed by atoms with E-state index in [1.54, 1.807) is 12.1 Å². The first-order chi connectivity index (χ1) is 9.65. The van der Waals surface area contributed by atoms with Crippen LogP contribution in [0.2, 0.25) is 5.02 Å². The number of hydrogen-bond acceptors (Lipinski definition) is 1. The van der Waals surface area contributed by atoms with Gasteiger partial charge in [0, 0.05) is 22.7 Å². The third-order valence-electron chi connectivity index (χ3n) is 3.28. The van der Waals surface area contributed by atoms with E-state index in [1.165, 1.54) is 0 Å². The van der Waals surface area contributed by atoms with Crippen LogP contribution in [-0.4, -0.2) is 10.9 Å². The molecule has 0 saturated carbocycles. The van der Waals surface area contributed by atoms with Gasteiger partial charge in [0.1, 0.15) is 0 Å². The van der Waals surface area contributed by atoms with Crippen molar-refractivity contribution in [2.75, 3.05) is 5.32 Å². The molecule has 20 heavy (non-hydrogen) atoms. The van der Waals surface area contributed by atoms with Crippen LogP contribution in [0.15, 0.2) is 48.7 Å². The first-order valence-corrected chi connectivity index (χ1v) is 6.66. The highest BCUT2D eigenvalue weighted by atomic mass is 35.5. The molecule has 2 aromatic carbocycles. The van der Waals surface area contributed by atoms with E-state index in [9.17, 15) is 4.79 Å². The molecule has 0 aliphatic rings. The summed E-state index contributed by atoms with van der Waals surface area (Å²) < 4.78 is 0. The minimum Gasteiger partial charge on any atom is -0.361 e. The summed E-state index contributed by atoms with van der Waals surface area (Å²) in [6.45, 7) is 1.91. The molecule has 0 saturated heterocycles. The molecule has 4 heteroatoms. The van der Waals surface area contributed by atoms with E-state index in [0.717, 1.165) is 16.5 Å². The average molecular weight is 285 g/mol. The monoisotopic (exact) mass is 284 g/mol. The van der Waals surface area contributed by atoms with Crippen LogP contribution >= 0.6 is 11.6 Å². The number of benzene rings is 2. The molecular formula is C16H13ClN2O. The maximum atomic E-state index is 12.3. The molecular weight excluding hydrogens is 272 g/mol. The molecule has 0 aliphatic carbocycles. The Bertz CT molecular complexity index is 772. The van der Waals surface area contributed by atoms with Crippen molar-refractivity contribution in [2.45, 2.75) is 6.92 Å². The fourth-order valence-electron chi connectivity index (χ4n) is 2.17. The van der Waals surface area contributed by atoms with Gasteiger partial charge in [0.05, 0.1) is 10.7 Å². The van der Waals surface area contributed by atoms with Crippen LogP contribution in [0, 0.1) is 6.92 Å². The molecule has 0 aliphatic heterocycles. The standard InChI is InChI=1S/C16H13ClN2O/c1-10-3-2-4-13(17)15(10)19-16(20)12-5-6-14-11(9-12)7-8-18-14/h2-9,18H,1H3,(H,19,20). The Balaban J connectivity index is 1.92. The zero-order valence-electron chi connectivity index (χ0n) is 10.9. The molecule has 2 N–H and O–H groups in total. The maximum Gasteiger partial charge on any atom is 0.255 e. The number of anilines is 1. The quantitative estimate of drug-likeness (QED) is 0.720. The van der Waals surface area contributed by atoms with Gasteiger partial charge < -0.3 is 10.3 Å². The van der Waals surface area contributed by atoms with Gasteiger partial charge in [-0.15, -0.1) is 0 Å². The summed E-state index contributed by atoms with van der Waals surface area (Å²) in [6, 6.07) is 13.0. The molecule has 3 nitrogen and oxygen atoms in total. The second-order valence-corrected chi connectivity index (χ2v) is 5.07. The Morgan fingerprint density at radius 1 is 1.20 bits per heavy atom. The van der Waals surface area contributed by atoms with Crippen LogP contribution in [-0.2, 0) is 0 Å². The van der Waals surface area contributed by atoms with E-state index in [1.807, 2.05) is 43.5 Å². The molecule has 1 amide bonds. The molecule has 0 unspecified atom stereocenters. The van der Waals surface area contributed by atoms with Gasteiger partial charge in [0.15, 0.2) is 0 Å². The SMILES string of the molecule is Cc1cccc(Cl)c1NC(=O)c1ccc2[nH]ccc2c1. The minimum absolute atomic E-state index is 0.163. The smallest absolute Gasteiger partial charge is 0.255 e. The molecule has 1 heterocycles. The van der Waals surface area contributed by atoms with E-state index in [4.69, 9.17) is 11.6 Å². The summed E-state index contributed by atoms with van der Waals surface area (Å²) >= 11 is 6.12. The summed E-state index contributed by atoms with van der Waals surface area (Å²) in [5.74, 6) is -0.163. The molecule has 0 radical (unpaired) electrons. The average Bonchev–Trinajstić information content (AvgIpc) is 2.90. The van der Waals surface area contributed by atoms with E-state index in [0.29, 0.717) is 16.3 Å². The van der Waals surface area contributed by atoms with Gasteiger partial charge in [-0.1, -0.05) is 23.7 Å². The first-order valence-electron chi connectivity index (χ1n) is 6.29. The second-order valence-electron chi connectivity index (χ2n) is 4.67. The summed E-state index contributed by atoms with van der Waals surface area (Å²) in [7, 11) is 0. The zero-order chi connectivity index (χ0) is 14.1. The Morgan fingerprint density at radius 3 is 2.85 bits per heavy atom. The van der Waals surface area contributed by atoms with E-state index in [-0.39, 0.29) is 5.91 Å². The molecule has 0 spiro atoms. The maximum absolute atomic E-state index is 12.3. The van der Waals surface area contributed by atoms with Crippen LogP contribution in [0.4, 0.5) is 5.69 Å². The Kier molecular flexibility index (Phi) is 3.20. The fraction of sp³-hybridized carbons (Fsp3) is 0.0625. The van der Waals surface area contributed by atoms with Gasteiger partial charge in [0.2, 0.25) is 0 Å². The predicted molar refractivity (Wildman–Crippen MR) is 82.4 cm³/mol. The number of fused-ring (bicyclic) bond motifs is 1. The Labute approximate surface area is 121 Å². The van der Waals surface area contributed by atoms with Gasteiger partial charge in [-0.2, -0.15) is 0 Å². The number of rotatable bonds is 2. The van der Waals surface area contributed by atoms with Crippen molar-refractivity contribution in [3.63, 3.8) is 0 Å². The lowest BCUT2D eigenvalue weighted by molar-refractivity contribution is 0.102. The summed E-state index contributed by atoms with van der Waals surface area (Å²) in [6.07, 6.45) is 1.85. The molecule has 100 valence electrons. The van der Waals surface area contributed by atoms with Crippen LogP contribution < -0.4 is 5.32 Å². The highest BCUT2D eigenvalue weighted by molar-refractivity contribution is 6.34. The number of amides is 1. The number of halogens is 1. The van der Waals surface area contributed by atoms with Crippen molar-refractivity contribution < 1.29 is 4.79 Å². The minimum atomic E-state index is -0.163. The van der Waals surface area contributed by atoms with Crippen LogP contribution in [0.3, 0.4) is 0 Å². The number of carbonyl (C=O) groups is 1. The van der Waals surface area contributed by atoms with Crippen molar-refractivity contribution >= 4 is 34.1 Å².